The van der Waals surface area contributed by atoms with E-state index < -0.39 is 12.0 Å². The lowest BCUT2D eigenvalue weighted by molar-refractivity contribution is -0.139. The zero-order chi connectivity index (χ0) is 13.1. The van der Waals surface area contributed by atoms with E-state index in [2.05, 4.69) is 15.9 Å². The summed E-state index contributed by atoms with van der Waals surface area (Å²) in [6.45, 7) is 5.72. The fourth-order valence-electron chi connectivity index (χ4n) is 1.46. The quantitative estimate of drug-likeness (QED) is 0.929. The number of halogens is 1. The van der Waals surface area contributed by atoms with Crippen LogP contribution in [0, 0.1) is 0 Å². The predicted molar refractivity (Wildman–Crippen MR) is 71.7 cm³/mol. The van der Waals surface area contributed by atoms with Gasteiger partial charge in [-0.25, -0.2) is 0 Å². The maximum Gasteiger partial charge on any atom is 0.246 e. The lowest BCUT2D eigenvalue weighted by atomic mass is 10.1. The summed E-state index contributed by atoms with van der Waals surface area (Å²) in [5, 5.41) is 0. The summed E-state index contributed by atoms with van der Waals surface area (Å²) in [5.41, 5.74) is 6.00. The van der Waals surface area contributed by atoms with Gasteiger partial charge in [-0.3, -0.25) is 4.79 Å². The van der Waals surface area contributed by atoms with Crippen LogP contribution in [0.15, 0.2) is 28.7 Å². The Labute approximate surface area is 110 Å². The fourth-order valence-corrected chi connectivity index (χ4v) is 1.73. The largest absolute Gasteiger partial charge is 0.367 e. The van der Waals surface area contributed by atoms with Gasteiger partial charge < -0.3 is 10.5 Å². The molecule has 2 N–H and O–H groups in total. The average Bonchev–Trinajstić information content (AvgIpc) is 2.18. The summed E-state index contributed by atoms with van der Waals surface area (Å²) in [6, 6.07) is 7.77. The Balaban J connectivity index is 2.73. The molecule has 0 aromatic heterocycles. The van der Waals surface area contributed by atoms with Crippen molar-refractivity contribution in [1.29, 1.82) is 0 Å². The Kier molecular flexibility index (Phi) is 4.71. The molecule has 0 fully saturated rings. The van der Waals surface area contributed by atoms with Crippen LogP contribution in [0.2, 0.25) is 0 Å². The van der Waals surface area contributed by atoms with Gasteiger partial charge in [-0.1, -0.05) is 28.1 Å². The number of benzene rings is 1. The summed E-state index contributed by atoms with van der Waals surface area (Å²) in [4.78, 5) is 11.3. The van der Waals surface area contributed by atoms with Crippen molar-refractivity contribution in [1.82, 2.24) is 0 Å². The van der Waals surface area contributed by atoms with Crippen molar-refractivity contribution < 1.29 is 9.53 Å². The van der Waals surface area contributed by atoms with E-state index in [0.717, 1.165) is 10.0 Å². The molecule has 0 radical (unpaired) electrons. The van der Waals surface area contributed by atoms with Gasteiger partial charge in [0, 0.05) is 10.9 Å². The zero-order valence-corrected chi connectivity index (χ0v) is 12.0. The number of hydrogen-bond donors (Lipinski definition) is 1. The molecule has 1 atom stereocenters. The molecule has 0 aliphatic rings. The molecule has 0 spiro atoms. The molecule has 0 aliphatic heterocycles. The van der Waals surface area contributed by atoms with Crippen LogP contribution in [0.25, 0.3) is 0 Å². The Morgan fingerprint density at radius 2 is 1.88 bits per heavy atom. The summed E-state index contributed by atoms with van der Waals surface area (Å²) < 4.78 is 6.66. The minimum atomic E-state index is -0.587. The molecular formula is C13H18BrNO2. The Bertz CT molecular complexity index is 381. The molecule has 1 unspecified atom stereocenters. The number of hydrogen-bond acceptors (Lipinski definition) is 2. The molecule has 17 heavy (non-hydrogen) atoms. The third-order valence-corrected chi connectivity index (χ3v) is 2.68. The molecule has 1 aromatic carbocycles. The third-order valence-electron chi connectivity index (χ3n) is 2.15. The topological polar surface area (TPSA) is 52.3 Å². The van der Waals surface area contributed by atoms with E-state index in [0.29, 0.717) is 6.42 Å². The number of carbonyl (C=O) groups excluding carboxylic acids is 1. The van der Waals surface area contributed by atoms with Crippen LogP contribution >= 0.6 is 15.9 Å². The van der Waals surface area contributed by atoms with Crippen molar-refractivity contribution in [2.24, 2.45) is 5.73 Å². The molecule has 0 bridgehead atoms. The monoisotopic (exact) mass is 299 g/mol. The van der Waals surface area contributed by atoms with E-state index in [1.165, 1.54) is 0 Å². The fraction of sp³-hybridized carbons (Fsp3) is 0.462. The number of primary amides is 1. The van der Waals surface area contributed by atoms with E-state index in [-0.39, 0.29) is 5.60 Å². The van der Waals surface area contributed by atoms with Crippen LogP contribution < -0.4 is 5.73 Å². The first-order valence-corrected chi connectivity index (χ1v) is 6.29. The van der Waals surface area contributed by atoms with Crippen LogP contribution in [-0.2, 0) is 16.0 Å². The molecule has 0 aliphatic carbocycles. The molecule has 1 rings (SSSR count). The van der Waals surface area contributed by atoms with E-state index >= 15 is 0 Å². The number of rotatable bonds is 4. The Hall–Kier alpha value is -0.870. The maximum absolute atomic E-state index is 11.3. The van der Waals surface area contributed by atoms with Gasteiger partial charge in [-0.2, -0.15) is 0 Å². The normalized spacial score (nSPS) is 13.4. The highest BCUT2D eigenvalue weighted by molar-refractivity contribution is 9.10. The van der Waals surface area contributed by atoms with Crippen LogP contribution in [-0.4, -0.2) is 17.6 Å². The second kappa shape index (κ2) is 5.65. The van der Waals surface area contributed by atoms with Crippen molar-refractivity contribution >= 4 is 21.8 Å². The van der Waals surface area contributed by atoms with Gasteiger partial charge in [0.25, 0.3) is 0 Å². The van der Waals surface area contributed by atoms with Gasteiger partial charge in [0.15, 0.2) is 0 Å². The first-order chi connectivity index (χ1) is 7.78. The molecule has 94 valence electrons. The number of amides is 1. The first kappa shape index (κ1) is 14.2. The second-order valence-electron chi connectivity index (χ2n) is 4.95. The smallest absolute Gasteiger partial charge is 0.246 e. The maximum atomic E-state index is 11.3. The average molecular weight is 300 g/mol. The van der Waals surface area contributed by atoms with E-state index in [9.17, 15) is 4.79 Å². The molecule has 3 nitrogen and oxygen atoms in total. The SMILES string of the molecule is CC(C)(C)OC(Cc1ccc(Br)cc1)C(N)=O. The van der Waals surface area contributed by atoms with E-state index in [1.54, 1.807) is 0 Å². The number of ether oxygens (including phenoxy) is 1. The highest BCUT2D eigenvalue weighted by Gasteiger charge is 2.23. The number of nitrogens with two attached hydrogens (primary N) is 1. The highest BCUT2D eigenvalue weighted by atomic mass is 79.9. The van der Waals surface area contributed by atoms with Gasteiger partial charge in [0.2, 0.25) is 5.91 Å². The Morgan fingerprint density at radius 3 is 2.29 bits per heavy atom. The van der Waals surface area contributed by atoms with Crippen molar-refractivity contribution in [3.63, 3.8) is 0 Å². The molecule has 4 heteroatoms. The van der Waals surface area contributed by atoms with Gasteiger partial charge in [0.1, 0.15) is 6.10 Å². The minimum absolute atomic E-state index is 0.380. The minimum Gasteiger partial charge on any atom is -0.367 e. The summed E-state index contributed by atoms with van der Waals surface area (Å²) >= 11 is 3.37. The molecule has 0 saturated carbocycles. The zero-order valence-electron chi connectivity index (χ0n) is 10.4. The Morgan fingerprint density at radius 1 is 1.35 bits per heavy atom. The van der Waals surface area contributed by atoms with Crippen LogP contribution in [0.4, 0.5) is 0 Å². The van der Waals surface area contributed by atoms with Crippen molar-refractivity contribution in [2.45, 2.75) is 38.9 Å². The van der Waals surface area contributed by atoms with E-state index in [4.69, 9.17) is 10.5 Å². The predicted octanol–water partition coefficient (Wildman–Crippen LogP) is 2.66. The lowest BCUT2D eigenvalue weighted by Crippen LogP contribution is -2.38. The highest BCUT2D eigenvalue weighted by Crippen LogP contribution is 2.16. The molecule has 0 saturated heterocycles. The lowest BCUT2D eigenvalue weighted by Gasteiger charge is -2.25. The van der Waals surface area contributed by atoms with Gasteiger partial charge in [0.05, 0.1) is 5.60 Å². The van der Waals surface area contributed by atoms with Gasteiger partial charge >= 0.3 is 0 Å². The molecule has 1 aromatic rings. The van der Waals surface area contributed by atoms with Crippen LogP contribution in [0.1, 0.15) is 26.3 Å². The summed E-state index contributed by atoms with van der Waals surface area (Å²) in [5.74, 6) is -0.428. The van der Waals surface area contributed by atoms with Crippen molar-refractivity contribution in [3.05, 3.63) is 34.3 Å². The summed E-state index contributed by atoms with van der Waals surface area (Å²) in [7, 11) is 0. The van der Waals surface area contributed by atoms with Crippen LogP contribution in [0.3, 0.4) is 0 Å². The molecular weight excluding hydrogens is 282 g/mol. The first-order valence-electron chi connectivity index (χ1n) is 5.49. The van der Waals surface area contributed by atoms with Crippen molar-refractivity contribution in [2.75, 3.05) is 0 Å². The third kappa shape index (κ3) is 5.33. The molecule has 0 heterocycles. The number of carbonyl (C=O) groups is 1. The summed E-state index contributed by atoms with van der Waals surface area (Å²) in [6.07, 6.45) is -0.0870. The standard InChI is InChI=1S/C13H18BrNO2/c1-13(2,3)17-11(12(15)16)8-9-4-6-10(14)7-5-9/h4-7,11H,8H2,1-3H3,(H2,15,16). The second-order valence-corrected chi connectivity index (χ2v) is 5.87. The van der Waals surface area contributed by atoms with E-state index in [1.807, 2.05) is 45.0 Å². The molecule has 1 amide bonds. The van der Waals surface area contributed by atoms with Crippen LogP contribution in [0.5, 0.6) is 0 Å². The van der Waals surface area contributed by atoms with Gasteiger partial charge in [-0.15, -0.1) is 0 Å². The van der Waals surface area contributed by atoms with Crippen molar-refractivity contribution in [3.8, 4) is 0 Å². The van der Waals surface area contributed by atoms with Gasteiger partial charge in [-0.05, 0) is 38.5 Å².